The number of nitrogens with one attached hydrogen (secondary N) is 1. The van der Waals surface area contributed by atoms with Gasteiger partial charge < -0.3 is 19.7 Å². The zero-order valence-electron chi connectivity index (χ0n) is 35.1. The predicted molar refractivity (Wildman–Crippen MR) is 220 cm³/mol. The van der Waals surface area contributed by atoms with Gasteiger partial charge in [0, 0.05) is 48.4 Å². The number of alkyl halides is 5. The van der Waals surface area contributed by atoms with Crippen LogP contribution < -0.4 is 10.1 Å². The van der Waals surface area contributed by atoms with Crippen LogP contribution in [0, 0.1) is 17.8 Å². The summed E-state index contributed by atoms with van der Waals surface area (Å²) >= 11 is 5.94. The van der Waals surface area contributed by atoms with E-state index in [0.717, 1.165) is 17.0 Å². The number of carbonyl (C=O) groups is 5. The number of sulfone groups is 1. The lowest BCUT2D eigenvalue weighted by molar-refractivity contribution is -0.177. The molecule has 0 unspecified atom stereocenters. The zero-order valence-corrected chi connectivity index (χ0v) is 36.6. The van der Waals surface area contributed by atoms with Crippen molar-refractivity contribution in [2.45, 2.75) is 102 Å². The minimum Gasteiger partial charge on any atom is -0.497 e. The first-order chi connectivity index (χ1) is 28.7. The minimum atomic E-state index is -5.30. The summed E-state index contributed by atoms with van der Waals surface area (Å²) in [5.74, 6) is -14.8. The summed E-state index contributed by atoms with van der Waals surface area (Å²) in [6.07, 6.45) is -9.03. The molecule has 1 fully saturated rings. The van der Waals surface area contributed by atoms with Gasteiger partial charge in [-0.1, -0.05) is 74.0 Å². The Morgan fingerprint density at radius 2 is 1.47 bits per heavy atom. The molecule has 1 heterocycles. The van der Waals surface area contributed by atoms with E-state index in [1.807, 2.05) is 0 Å². The standard InChI is InChI=1S/C44H50ClF5N2O9S/c1-26(2)35(39(55)44(48,49)50)22-37(53)36-21-34(62(58,59)25-29-14-16-33(60-6)17-15-29)24-52(36)40(56)30(19-38(54)43(46,47)31-8-7-9-32(45)20-31)18-27-10-12-28(13-11-27)23-51-41(57)61-42(3,4)5/h7-17,20,26,30,34-36H,18-19,21-25H2,1-6H3,(H,51,57)/t30-,34-,35+,36+/m1/s1. The lowest BCUT2D eigenvalue weighted by atomic mass is 9.84. The number of rotatable bonds is 18. The Labute approximate surface area is 362 Å². The Morgan fingerprint density at radius 3 is 2.02 bits per heavy atom. The lowest BCUT2D eigenvalue weighted by Crippen LogP contribution is -2.46. The molecule has 0 aromatic heterocycles. The number of hydrogen-bond donors (Lipinski definition) is 1. The van der Waals surface area contributed by atoms with Gasteiger partial charge in [0.15, 0.2) is 15.6 Å². The zero-order chi connectivity index (χ0) is 46.4. The average Bonchev–Trinajstić information content (AvgIpc) is 3.65. The summed E-state index contributed by atoms with van der Waals surface area (Å²) in [5.41, 5.74) is -0.257. The van der Waals surface area contributed by atoms with Crippen LogP contribution in [0.4, 0.5) is 26.7 Å². The summed E-state index contributed by atoms with van der Waals surface area (Å²) in [6, 6.07) is 14.9. The highest BCUT2D eigenvalue weighted by molar-refractivity contribution is 7.91. The molecule has 0 aliphatic carbocycles. The second-order valence-corrected chi connectivity index (χ2v) is 19.4. The van der Waals surface area contributed by atoms with Crippen LogP contribution in [0.3, 0.4) is 0 Å². The highest BCUT2D eigenvalue weighted by atomic mass is 35.5. The first-order valence-electron chi connectivity index (χ1n) is 19.7. The molecule has 4 atom stereocenters. The fourth-order valence-corrected chi connectivity index (χ4v) is 9.06. The van der Waals surface area contributed by atoms with Gasteiger partial charge in [-0.3, -0.25) is 19.2 Å². The molecule has 62 heavy (non-hydrogen) atoms. The third kappa shape index (κ3) is 13.3. The summed E-state index contributed by atoms with van der Waals surface area (Å²) in [7, 11) is -2.80. The highest BCUT2D eigenvalue weighted by Crippen LogP contribution is 2.37. The molecule has 1 aliphatic heterocycles. The summed E-state index contributed by atoms with van der Waals surface area (Å²) < 4.78 is 111. The molecule has 2 amide bonds. The number of ether oxygens (including phenoxy) is 2. The molecule has 338 valence electrons. The van der Waals surface area contributed by atoms with Crippen LogP contribution in [-0.2, 0) is 58.4 Å². The van der Waals surface area contributed by atoms with Crippen molar-refractivity contribution in [1.29, 1.82) is 0 Å². The van der Waals surface area contributed by atoms with E-state index in [4.69, 9.17) is 21.1 Å². The third-order valence-corrected chi connectivity index (χ3v) is 12.8. The van der Waals surface area contributed by atoms with Crippen molar-refractivity contribution in [3.63, 3.8) is 0 Å². The third-order valence-electron chi connectivity index (χ3n) is 10.5. The number of likely N-dealkylation sites (tertiary alicyclic amines) is 1. The van der Waals surface area contributed by atoms with Crippen LogP contribution in [0.1, 0.15) is 76.1 Å². The molecule has 1 N–H and O–H groups in total. The topological polar surface area (TPSA) is 153 Å². The van der Waals surface area contributed by atoms with Gasteiger partial charge in [0.1, 0.15) is 11.4 Å². The molecule has 18 heteroatoms. The number of benzene rings is 3. The van der Waals surface area contributed by atoms with Crippen molar-refractivity contribution in [2.24, 2.45) is 17.8 Å². The minimum absolute atomic E-state index is 0.0278. The summed E-state index contributed by atoms with van der Waals surface area (Å²) in [5, 5.41) is 1.06. The Kier molecular flexibility index (Phi) is 16.1. The fraction of sp³-hybridized carbons (Fsp3) is 0.477. The van der Waals surface area contributed by atoms with Crippen LogP contribution >= 0.6 is 11.6 Å². The number of nitrogens with zero attached hydrogens (tertiary/aromatic N) is 1. The normalized spacial score (nSPS) is 17.0. The summed E-state index contributed by atoms with van der Waals surface area (Å²) in [6.45, 7) is 7.05. The van der Waals surface area contributed by atoms with Gasteiger partial charge in [-0.15, -0.1) is 0 Å². The van der Waals surface area contributed by atoms with Crippen molar-refractivity contribution in [2.75, 3.05) is 13.7 Å². The van der Waals surface area contributed by atoms with Crippen LogP contribution in [0.25, 0.3) is 0 Å². The monoisotopic (exact) mass is 912 g/mol. The molecule has 3 aromatic carbocycles. The molecular weight excluding hydrogens is 863 g/mol. The maximum atomic E-state index is 15.8. The predicted octanol–water partition coefficient (Wildman–Crippen LogP) is 8.23. The maximum Gasteiger partial charge on any atom is 0.450 e. The van der Waals surface area contributed by atoms with Gasteiger partial charge in [-0.2, -0.15) is 22.0 Å². The smallest absolute Gasteiger partial charge is 0.450 e. The Bertz CT molecular complexity index is 2210. The molecule has 0 bridgehead atoms. The molecule has 0 radical (unpaired) electrons. The number of halogens is 6. The van der Waals surface area contributed by atoms with Crippen LogP contribution in [-0.4, -0.2) is 79.4 Å². The van der Waals surface area contributed by atoms with Gasteiger partial charge in [-0.05, 0) is 80.5 Å². The van der Waals surface area contributed by atoms with E-state index >= 15 is 8.78 Å². The van der Waals surface area contributed by atoms with E-state index in [-0.39, 0.29) is 18.0 Å². The van der Waals surface area contributed by atoms with Gasteiger partial charge in [0.2, 0.25) is 17.5 Å². The van der Waals surface area contributed by atoms with Crippen molar-refractivity contribution in [3.8, 4) is 5.75 Å². The molecular formula is C44H50ClF5N2O9S. The van der Waals surface area contributed by atoms with Crippen molar-refractivity contribution < 1.29 is 63.8 Å². The van der Waals surface area contributed by atoms with Crippen molar-refractivity contribution in [3.05, 3.63) is 100 Å². The van der Waals surface area contributed by atoms with E-state index in [1.165, 1.54) is 69.5 Å². The number of Topliss-reactive ketones (excluding diaryl/α,β-unsaturated/α-hetero) is 3. The van der Waals surface area contributed by atoms with Gasteiger partial charge in [0.25, 0.3) is 0 Å². The maximum absolute atomic E-state index is 15.8. The van der Waals surface area contributed by atoms with Gasteiger partial charge in [-0.25, -0.2) is 13.2 Å². The Balaban J connectivity index is 1.73. The van der Waals surface area contributed by atoms with E-state index in [9.17, 15) is 45.6 Å². The number of carbonyl (C=O) groups excluding carboxylic acids is 5. The molecule has 1 saturated heterocycles. The molecule has 11 nitrogen and oxygen atoms in total. The van der Waals surface area contributed by atoms with E-state index < -0.39 is 123 Å². The number of alkyl carbamates (subject to hydrolysis) is 1. The quantitative estimate of drug-likeness (QED) is 0.124. The van der Waals surface area contributed by atoms with E-state index in [1.54, 1.807) is 32.9 Å². The highest BCUT2D eigenvalue weighted by Gasteiger charge is 2.50. The second kappa shape index (κ2) is 20.1. The molecule has 4 rings (SSSR count). The average molecular weight is 913 g/mol. The first kappa shape index (κ1) is 49.8. The fourth-order valence-electron chi connectivity index (χ4n) is 7.12. The van der Waals surface area contributed by atoms with Crippen LogP contribution in [0.5, 0.6) is 5.75 Å². The number of methoxy groups -OCH3 is 1. The first-order valence-corrected chi connectivity index (χ1v) is 21.8. The SMILES string of the molecule is COc1ccc(CS(=O)(=O)[C@@H]2C[C@@H](C(=O)C[C@H](C(=O)C(F)(F)F)C(C)C)N(C(=O)[C@@H](CC(=O)C(F)(F)c3cccc(Cl)c3)Cc3ccc(CNC(=O)OC(C)(C)C)cc3)C2)cc1. The lowest BCUT2D eigenvalue weighted by Gasteiger charge is -2.30. The Morgan fingerprint density at radius 1 is 0.871 bits per heavy atom. The van der Waals surface area contributed by atoms with Crippen LogP contribution in [0.15, 0.2) is 72.8 Å². The second-order valence-electron chi connectivity index (χ2n) is 16.7. The van der Waals surface area contributed by atoms with Gasteiger partial charge >= 0.3 is 18.2 Å². The summed E-state index contributed by atoms with van der Waals surface area (Å²) in [4.78, 5) is 67.8. The largest absolute Gasteiger partial charge is 0.497 e. The van der Waals surface area contributed by atoms with Crippen LogP contribution in [0.2, 0.25) is 5.02 Å². The van der Waals surface area contributed by atoms with Crippen molar-refractivity contribution >= 4 is 50.8 Å². The molecule has 0 spiro atoms. The molecule has 0 saturated carbocycles. The van der Waals surface area contributed by atoms with Crippen molar-refractivity contribution in [1.82, 2.24) is 10.2 Å². The number of amides is 2. The van der Waals surface area contributed by atoms with E-state index in [0.29, 0.717) is 22.4 Å². The number of hydrogen-bond acceptors (Lipinski definition) is 9. The molecule has 3 aromatic rings. The molecule has 1 aliphatic rings. The van der Waals surface area contributed by atoms with Gasteiger partial charge in [0.05, 0.1) is 24.2 Å². The Hall–Kier alpha value is -4.90. The van der Waals surface area contributed by atoms with E-state index in [2.05, 4.69) is 5.32 Å². The number of ketones is 3.